The van der Waals surface area contributed by atoms with E-state index in [1.54, 1.807) is 30.3 Å². The largest absolute Gasteiger partial charge is 0.478 e. The van der Waals surface area contributed by atoms with E-state index < -0.39 is 93.6 Å². The Hall–Kier alpha value is -5.89. The molecule has 1 aromatic carbocycles. The molecule has 81 heavy (non-hydrogen) atoms. The molecule has 0 heterocycles. The maximum atomic E-state index is 13.0. The number of alkyl carbamates (subject to hydrolysis) is 1. The molecule has 0 aliphatic heterocycles. The lowest BCUT2D eigenvalue weighted by molar-refractivity contribution is -0.240. The summed E-state index contributed by atoms with van der Waals surface area (Å²) in [5.41, 5.74) is 8.12. The molecule has 1 aromatic rings. The minimum Gasteiger partial charge on any atom is -0.445 e. The maximum absolute atomic E-state index is 13.0. The van der Waals surface area contributed by atoms with Crippen molar-refractivity contribution >= 4 is 55.4 Å². The third-order valence-corrected chi connectivity index (χ3v) is 13.5. The molecule has 1 rings (SSSR count). The predicted octanol–water partition coefficient (Wildman–Crippen LogP) is 10.4. The fourth-order valence-electron chi connectivity index (χ4n) is 7.82. The Balaban J connectivity index is 2.68. The number of carbonyl (C=O) groups excluding carboxylic acids is 8. The first-order chi connectivity index (χ1) is 39.0. The molecule has 0 aliphatic rings. The van der Waals surface area contributed by atoms with Gasteiger partial charge in [0.05, 0.1) is 6.61 Å². The molecule has 0 saturated carbocycles. The molecular weight excluding hydrogens is 1060 g/mol. The van der Waals surface area contributed by atoms with Crippen molar-refractivity contribution in [2.75, 3.05) is 19.7 Å². The highest BCUT2D eigenvalue weighted by atomic mass is 31.2. The van der Waals surface area contributed by atoms with Crippen molar-refractivity contribution in [2.24, 2.45) is 5.73 Å². The van der Waals surface area contributed by atoms with Gasteiger partial charge < -0.3 is 40.8 Å². The van der Waals surface area contributed by atoms with E-state index in [2.05, 4.69) is 59.5 Å². The number of hydrogen-bond donors (Lipinski definition) is 6. The first-order valence-electron chi connectivity index (χ1n) is 29.4. The van der Waals surface area contributed by atoms with Crippen LogP contribution in [0.25, 0.3) is 0 Å². The second-order valence-electron chi connectivity index (χ2n) is 20.0. The van der Waals surface area contributed by atoms with E-state index in [1.165, 1.54) is 90.9 Å². The minimum absolute atomic E-state index is 0.0454. The number of allylic oxidation sites excluding steroid dienone is 4. The van der Waals surface area contributed by atoms with Gasteiger partial charge in [0.1, 0.15) is 25.2 Å². The van der Waals surface area contributed by atoms with Crippen LogP contribution in [0.5, 0.6) is 0 Å². The van der Waals surface area contributed by atoms with E-state index in [-0.39, 0.29) is 19.4 Å². The van der Waals surface area contributed by atoms with Crippen molar-refractivity contribution in [3.05, 3.63) is 72.4 Å². The van der Waals surface area contributed by atoms with Gasteiger partial charge in [-0.3, -0.25) is 43.5 Å². The molecule has 0 aromatic heterocycles. The van der Waals surface area contributed by atoms with Crippen LogP contribution in [0.3, 0.4) is 0 Å². The Kier molecular flexibility index (Phi) is 43.1. The van der Waals surface area contributed by atoms with Gasteiger partial charge in [0, 0.05) is 31.5 Å². The van der Waals surface area contributed by atoms with Crippen LogP contribution in [-0.2, 0) is 68.0 Å². The van der Waals surface area contributed by atoms with Crippen LogP contribution in [0.4, 0.5) is 4.79 Å². The zero-order chi connectivity index (χ0) is 59.8. The summed E-state index contributed by atoms with van der Waals surface area (Å²) in [7, 11) is -5.09. The second-order valence-corrected chi connectivity index (χ2v) is 21.4. The summed E-state index contributed by atoms with van der Waals surface area (Å²) in [6.45, 7) is 2.92. The van der Waals surface area contributed by atoms with E-state index in [9.17, 15) is 47.8 Å². The number of hydrazine groups is 1. The smallest absolute Gasteiger partial charge is 0.445 e. The number of nitrogens with zero attached hydrogens (tertiary/aromatic N) is 1. The van der Waals surface area contributed by atoms with Gasteiger partial charge in [-0.15, -0.1) is 0 Å². The number of amides is 6. The van der Waals surface area contributed by atoms with Crippen molar-refractivity contribution in [3.63, 3.8) is 0 Å². The van der Waals surface area contributed by atoms with Crippen LogP contribution in [0.2, 0.25) is 0 Å². The molecule has 6 amide bonds. The molecule has 3 atom stereocenters. The van der Waals surface area contributed by atoms with Crippen LogP contribution >= 0.6 is 7.82 Å². The summed E-state index contributed by atoms with van der Waals surface area (Å²) in [5.74, 6) is -6.41. The minimum atomic E-state index is -5.09. The number of carbonyl (C=O) groups is 8. The maximum Gasteiger partial charge on any atom is 0.478 e. The van der Waals surface area contributed by atoms with Gasteiger partial charge in [-0.1, -0.05) is 171 Å². The number of primary amides is 1. The van der Waals surface area contributed by atoms with Gasteiger partial charge in [-0.2, -0.15) is 0 Å². The van der Waals surface area contributed by atoms with Crippen LogP contribution in [0.15, 0.2) is 66.8 Å². The summed E-state index contributed by atoms with van der Waals surface area (Å²) in [4.78, 5) is 111. The number of unbranched alkanes of at least 4 members (excludes halogenated alkanes) is 22. The van der Waals surface area contributed by atoms with Crippen molar-refractivity contribution in [1.82, 2.24) is 26.4 Å². The molecule has 21 nitrogen and oxygen atoms in total. The molecule has 0 bridgehead atoms. The quantitative estimate of drug-likeness (QED) is 0.00672. The molecule has 0 aliphatic carbocycles. The zero-order valence-electron chi connectivity index (χ0n) is 48.8. The van der Waals surface area contributed by atoms with Gasteiger partial charge in [0.2, 0.25) is 17.7 Å². The Morgan fingerprint density at radius 3 is 1.56 bits per heavy atom. The summed E-state index contributed by atoms with van der Waals surface area (Å²) in [6, 6.07) is 6.38. The third kappa shape index (κ3) is 42.6. The average Bonchev–Trinajstić information content (AvgIpc) is 3.43. The molecule has 22 heteroatoms. The average molecular weight is 1160 g/mol. The molecule has 458 valence electrons. The number of phosphoric ester groups is 1. The highest BCUT2D eigenvalue weighted by molar-refractivity contribution is 7.47. The standard InChI is InChI=1S/C59H97N6O15P/c1-5-7-9-11-13-15-17-19-21-23-25-27-29-31-36-40-54(69)78-59(79-55(70)41-37-32-30-28-26-24-22-20-18-16-14-12-10-8-6-2)80-81(74,75)77-45-44-61-52(67)42-43-53(68)65(46-51(60)66)64-57(72)49(4)62-56(71)48(3)63-58(73)76-47-50-38-34-33-35-39-50/h19-22,33-35,38-39,42-43,48-49,59H,5-18,23-32,36-37,40-41,44-47H2,1-4H3,(H2,60,66)(H,61,67)(H,62,71)(H,63,73)(H,64,72)(H,74,75)/b21-19-,22-20-,43-42+/t48-,49-/m0/s1. The summed E-state index contributed by atoms with van der Waals surface area (Å²) in [5, 5.41) is 7.49. The number of rotatable bonds is 48. The SMILES string of the molecule is CCCCCCCC/C=C\CCCCCCCC(=O)OC(OC(=O)CCCCCCC/C=C\CCCCCCCC)OP(=O)(O)OCCNC(=O)/C=C/C(=O)N(CC(N)=O)NC(=O)[C@H](C)NC(=O)[C@H](C)NC(=O)OCc1ccccc1. The zero-order valence-corrected chi connectivity index (χ0v) is 49.7. The number of nitrogens with one attached hydrogen (secondary N) is 4. The molecule has 0 fully saturated rings. The molecular formula is C59H97N6O15P. The van der Waals surface area contributed by atoms with Gasteiger partial charge in [-0.05, 0) is 83.6 Å². The monoisotopic (exact) mass is 1160 g/mol. The molecule has 0 radical (unpaired) electrons. The number of ether oxygens (including phenoxy) is 3. The number of phosphoric acid groups is 1. The lowest BCUT2D eigenvalue weighted by atomic mass is 10.1. The Morgan fingerprint density at radius 2 is 1.07 bits per heavy atom. The second kappa shape index (κ2) is 47.7. The number of hydrogen-bond acceptors (Lipinski definition) is 14. The third-order valence-electron chi connectivity index (χ3n) is 12.5. The predicted molar refractivity (Wildman–Crippen MR) is 310 cm³/mol. The normalized spacial score (nSPS) is 12.9. The van der Waals surface area contributed by atoms with E-state index in [0.717, 1.165) is 88.7 Å². The van der Waals surface area contributed by atoms with E-state index >= 15 is 0 Å². The van der Waals surface area contributed by atoms with Crippen molar-refractivity contribution in [1.29, 1.82) is 0 Å². The van der Waals surface area contributed by atoms with E-state index in [4.69, 9.17) is 29.0 Å². The fraction of sp³-hybridized carbons (Fsp3) is 0.661. The lowest BCUT2D eigenvalue weighted by Crippen LogP contribution is -2.56. The van der Waals surface area contributed by atoms with E-state index in [1.807, 2.05) is 0 Å². The molecule has 1 unspecified atom stereocenters. The molecule has 0 spiro atoms. The van der Waals surface area contributed by atoms with Gasteiger partial charge in [0.25, 0.3) is 11.8 Å². The topological polar surface area (TPSA) is 297 Å². The number of benzene rings is 1. The van der Waals surface area contributed by atoms with E-state index in [0.29, 0.717) is 23.9 Å². The highest BCUT2D eigenvalue weighted by Gasteiger charge is 2.32. The fourth-order valence-corrected chi connectivity index (χ4v) is 8.51. The van der Waals surface area contributed by atoms with Gasteiger partial charge in [0.15, 0.2) is 0 Å². The van der Waals surface area contributed by atoms with Crippen LogP contribution in [0.1, 0.15) is 213 Å². The van der Waals surface area contributed by atoms with Crippen molar-refractivity contribution in [2.45, 2.75) is 233 Å². The summed E-state index contributed by atoms with van der Waals surface area (Å²) in [6.07, 6.45) is 37.2. The molecule has 7 N–H and O–H groups in total. The Labute approximate surface area is 481 Å². The van der Waals surface area contributed by atoms with Crippen molar-refractivity contribution < 1.29 is 71.1 Å². The first kappa shape index (κ1) is 73.1. The van der Waals surface area contributed by atoms with Gasteiger partial charge >= 0.3 is 32.3 Å². The Morgan fingerprint density at radius 1 is 0.617 bits per heavy atom. The first-order valence-corrected chi connectivity index (χ1v) is 30.9. The number of nitrogens with two attached hydrogens (primary N) is 1. The highest BCUT2D eigenvalue weighted by Crippen LogP contribution is 2.45. The van der Waals surface area contributed by atoms with Crippen LogP contribution < -0.4 is 27.1 Å². The summed E-state index contributed by atoms with van der Waals surface area (Å²) >= 11 is 0. The van der Waals surface area contributed by atoms with Gasteiger partial charge in [-0.25, -0.2) is 18.9 Å². The van der Waals surface area contributed by atoms with Crippen molar-refractivity contribution in [3.8, 4) is 0 Å². The Bertz CT molecular complexity index is 2040. The number of esters is 2. The lowest BCUT2D eigenvalue weighted by Gasteiger charge is -2.24. The van der Waals surface area contributed by atoms with Crippen LogP contribution in [0, 0.1) is 0 Å². The molecule has 0 saturated heterocycles. The summed E-state index contributed by atoms with van der Waals surface area (Å²) < 4.78 is 38.4. The van der Waals surface area contributed by atoms with Crippen LogP contribution in [-0.4, -0.2) is 95.7 Å².